The first kappa shape index (κ1) is 17.2. The number of pyridine rings is 1. The largest absolute Gasteiger partial charge is 0.463 e. The van der Waals surface area contributed by atoms with E-state index in [4.69, 9.17) is 8.83 Å². The number of carbonyl (C=O) groups excluding carboxylic acids is 1. The summed E-state index contributed by atoms with van der Waals surface area (Å²) in [4.78, 5) is 22.2. The van der Waals surface area contributed by atoms with Crippen molar-refractivity contribution in [1.29, 1.82) is 0 Å². The van der Waals surface area contributed by atoms with Crippen molar-refractivity contribution < 1.29 is 13.6 Å². The molecule has 5 rings (SSSR count). The second-order valence-corrected chi connectivity index (χ2v) is 6.81. The number of benzene rings is 1. The van der Waals surface area contributed by atoms with Crippen LogP contribution in [0, 0.1) is 13.8 Å². The first-order valence-electron chi connectivity index (χ1n) is 9.06. The molecule has 0 aliphatic carbocycles. The summed E-state index contributed by atoms with van der Waals surface area (Å²) >= 11 is 0. The highest BCUT2D eigenvalue weighted by molar-refractivity contribution is 6.13. The summed E-state index contributed by atoms with van der Waals surface area (Å²) in [6, 6.07) is 10.7. The third-order valence-electron chi connectivity index (χ3n) is 4.74. The average Bonchev–Trinajstić information content (AvgIpc) is 3.40. The number of oxazole rings is 1. The second kappa shape index (κ2) is 6.30. The van der Waals surface area contributed by atoms with Crippen LogP contribution in [0.4, 0.5) is 5.69 Å². The van der Waals surface area contributed by atoms with Crippen molar-refractivity contribution in [1.82, 2.24) is 19.7 Å². The van der Waals surface area contributed by atoms with Crippen LogP contribution >= 0.6 is 0 Å². The lowest BCUT2D eigenvalue weighted by atomic mass is 10.1. The number of aryl methyl sites for hydroxylation is 3. The van der Waals surface area contributed by atoms with Crippen molar-refractivity contribution in [3.05, 3.63) is 59.8 Å². The van der Waals surface area contributed by atoms with Gasteiger partial charge in [-0.15, -0.1) is 0 Å². The third-order valence-corrected chi connectivity index (χ3v) is 4.74. The molecule has 8 heteroatoms. The Morgan fingerprint density at radius 1 is 1.14 bits per heavy atom. The van der Waals surface area contributed by atoms with E-state index in [2.05, 4.69) is 20.4 Å². The number of nitrogens with one attached hydrogen (secondary N) is 1. The monoisotopic (exact) mass is 387 g/mol. The Kier molecular flexibility index (Phi) is 3.73. The van der Waals surface area contributed by atoms with Gasteiger partial charge in [0.05, 0.1) is 22.9 Å². The van der Waals surface area contributed by atoms with Crippen LogP contribution in [0.3, 0.4) is 0 Å². The highest BCUT2D eigenvalue weighted by Crippen LogP contribution is 2.28. The number of hydrogen-bond donors (Lipinski definition) is 1. The molecule has 1 aromatic carbocycles. The van der Waals surface area contributed by atoms with Gasteiger partial charge < -0.3 is 14.2 Å². The highest BCUT2D eigenvalue weighted by Gasteiger charge is 2.20. The van der Waals surface area contributed by atoms with Gasteiger partial charge >= 0.3 is 0 Å². The topological polar surface area (TPSA) is 99.0 Å². The molecule has 1 amide bonds. The SMILES string of the molecule is Cc1nc2cc(NC(=O)c3cc(-c4ccco4)nc4c3c(C)nn4C)ccc2o1. The van der Waals surface area contributed by atoms with E-state index >= 15 is 0 Å². The summed E-state index contributed by atoms with van der Waals surface area (Å²) in [6.07, 6.45) is 1.57. The molecule has 4 heterocycles. The number of rotatable bonds is 3. The quantitative estimate of drug-likeness (QED) is 0.497. The fraction of sp³-hybridized carbons (Fsp3) is 0.143. The number of aromatic nitrogens is 4. The first-order valence-corrected chi connectivity index (χ1v) is 9.06. The molecule has 4 aromatic heterocycles. The van der Waals surface area contributed by atoms with Gasteiger partial charge in [-0.3, -0.25) is 9.48 Å². The number of anilines is 1. The Labute approximate surface area is 165 Å². The van der Waals surface area contributed by atoms with Gasteiger partial charge in [-0.2, -0.15) is 5.10 Å². The number of nitrogens with zero attached hydrogens (tertiary/aromatic N) is 4. The number of furan rings is 1. The molecule has 0 saturated heterocycles. The van der Waals surface area contributed by atoms with E-state index in [-0.39, 0.29) is 5.91 Å². The Morgan fingerprint density at radius 3 is 2.79 bits per heavy atom. The molecule has 5 aromatic rings. The average molecular weight is 387 g/mol. The predicted octanol–water partition coefficient (Wildman–Crippen LogP) is 4.24. The summed E-state index contributed by atoms with van der Waals surface area (Å²) in [7, 11) is 1.80. The van der Waals surface area contributed by atoms with Crippen molar-refractivity contribution in [2.75, 3.05) is 5.32 Å². The molecule has 0 aliphatic heterocycles. The van der Waals surface area contributed by atoms with Crippen molar-refractivity contribution in [3.63, 3.8) is 0 Å². The van der Waals surface area contributed by atoms with Gasteiger partial charge in [0.2, 0.25) is 0 Å². The van der Waals surface area contributed by atoms with E-state index in [1.54, 1.807) is 61.3 Å². The maximum absolute atomic E-state index is 13.2. The number of hydrogen-bond acceptors (Lipinski definition) is 6. The molecular formula is C21H17N5O3. The van der Waals surface area contributed by atoms with Crippen LogP contribution in [0.25, 0.3) is 33.6 Å². The summed E-state index contributed by atoms with van der Waals surface area (Å²) in [5.41, 5.74) is 4.38. The minimum absolute atomic E-state index is 0.263. The van der Waals surface area contributed by atoms with E-state index < -0.39 is 0 Å². The Bertz CT molecular complexity index is 1380. The van der Waals surface area contributed by atoms with Gasteiger partial charge in [0.15, 0.2) is 22.9 Å². The zero-order valence-electron chi connectivity index (χ0n) is 16.1. The zero-order chi connectivity index (χ0) is 20.1. The molecule has 29 heavy (non-hydrogen) atoms. The summed E-state index contributed by atoms with van der Waals surface area (Å²) in [6.45, 7) is 3.64. The molecule has 0 spiro atoms. The molecular weight excluding hydrogens is 370 g/mol. The molecule has 1 N–H and O–H groups in total. The Morgan fingerprint density at radius 2 is 2.00 bits per heavy atom. The van der Waals surface area contributed by atoms with E-state index in [0.717, 1.165) is 5.69 Å². The lowest BCUT2D eigenvalue weighted by molar-refractivity contribution is 0.102. The minimum atomic E-state index is -0.263. The Hall–Kier alpha value is -3.94. The van der Waals surface area contributed by atoms with Gasteiger partial charge in [-0.05, 0) is 43.3 Å². The molecule has 144 valence electrons. The van der Waals surface area contributed by atoms with E-state index in [1.807, 2.05) is 6.92 Å². The Balaban J connectivity index is 1.61. The van der Waals surface area contributed by atoms with Gasteiger partial charge in [0.25, 0.3) is 5.91 Å². The normalized spacial score (nSPS) is 11.4. The van der Waals surface area contributed by atoms with Gasteiger partial charge in [-0.25, -0.2) is 9.97 Å². The molecule has 0 aliphatic rings. The number of fused-ring (bicyclic) bond motifs is 2. The summed E-state index contributed by atoms with van der Waals surface area (Å²) in [5, 5.41) is 8.08. The fourth-order valence-corrected chi connectivity index (χ4v) is 3.49. The second-order valence-electron chi connectivity index (χ2n) is 6.81. The lowest BCUT2D eigenvalue weighted by Gasteiger charge is -2.08. The van der Waals surface area contributed by atoms with Crippen LogP contribution in [-0.4, -0.2) is 25.7 Å². The first-order chi connectivity index (χ1) is 14.0. The minimum Gasteiger partial charge on any atom is -0.463 e. The lowest BCUT2D eigenvalue weighted by Crippen LogP contribution is -2.13. The van der Waals surface area contributed by atoms with Crippen LogP contribution in [-0.2, 0) is 7.05 Å². The molecule has 0 fully saturated rings. The highest BCUT2D eigenvalue weighted by atomic mass is 16.3. The van der Waals surface area contributed by atoms with Crippen molar-refractivity contribution in [3.8, 4) is 11.5 Å². The molecule has 0 radical (unpaired) electrons. The molecule has 0 atom stereocenters. The standard InChI is InChI=1S/C21H17N5O3/c1-11-19-14(10-16(17-5-4-8-28-17)24-20(19)26(3)25-11)21(27)23-13-6-7-18-15(9-13)22-12(2)29-18/h4-10H,1-3H3,(H,23,27). The van der Waals surface area contributed by atoms with Gasteiger partial charge in [0.1, 0.15) is 11.2 Å². The zero-order valence-corrected chi connectivity index (χ0v) is 16.1. The van der Waals surface area contributed by atoms with Crippen molar-refractivity contribution >= 4 is 33.7 Å². The van der Waals surface area contributed by atoms with Crippen LogP contribution in [0.1, 0.15) is 21.9 Å². The van der Waals surface area contributed by atoms with Crippen LogP contribution in [0.5, 0.6) is 0 Å². The van der Waals surface area contributed by atoms with Crippen LogP contribution in [0.2, 0.25) is 0 Å². The molecule has 0 unspecified atom stereocenters. The number of carbonyl (C=O) groups is 1. The van der Waals surface area contributed by atoms with Gasteiger partial charge in [0, 0.05) is 19.7 Å². The third kappa shape index (κ3) is 2.85. The van der Waals surface area contributed by atoms with E-state index in [0.29, 0.717) is 50.7 Å². The van der Waals surface area contributed by atoms with E-state index in [9.17, 15) is 4.79 Å². The molecule has 0 bridgehead atoms. The summed E-state index contributed by atoms with van der Waals surface area (Å²) in [5.74, 6) is 0.897. The smallest absolute Gasteiger partial charge is 0.256 e. The van der Waals surface area contributed by atoms with Crippen LogP contribution < -0.4 is 5.32 Å². The maximum Gasteiger partial charge on any atom is 0.256 e. The van der Waals surface area contributed by atoms with Gasteiger partial charge in [-0.1, -0.05) is 0 Å². The van der Waals surface area contributed by atoms with Crippen molar-refractivity contribution in [2.24, 2.45) is 7.05 Å². The van der Waals surface area contributed by atoms with Crippen molar-refractivity contribution in [2.45, 2.75) is 13.8 Å². The fourth-order valence-electron chi connectivity index (χ4n) is 3.49. The number of amides is 1. The van der Waals surface area contributed by atoms with Crippen LogP contribution in [0.15, 0.2) is 51.5 Å². The maximum atomic E-state index is 13.2. The predicted molar refractivity (Wildman–Crippen MR) is 108 cm³/mol. The molecule has 0 saturated carbocycles. The molecule has 8 nitrogen and oxygen atoms in total. The summed E-state index contributed by atoms with van der Waals surface area (Å²) < 4.78 is 12.6. The van der Waals surface area contributed by atoms with E-state index in [1.165, 1.54) is 0 Å².